The zero-order valence-electron chi connectivity index (χ0n) is 7.46. The topological polar surface area (TPSA) is 51.4 Å². The van der Waals surface area contributed by atoms with Crippen LogP contribution in [0.5, 0.6) is 0 Å². The second kappa shape index (κ2) is 17.4. The molecule has 0 aromatic rings. The fraction of sp³-hybridized carbons (Fsp3) is 0.625. The van der Waals surface area contributed by atoms with Gasteiger partial charge in [-0.3, -0.25) is 0 Å². The third-order valence-corrected chi connectivity index (χ3v) is 0.770. The minimum atomic E-state index is -0.845. The first-order valence-electron chi connectivity index (χ1n) is 2.94. The van der Waals surface area contributed by atoms with E-state index in [0.29, 0.717) is 5.57 Å². The molecule has 0 aliphatic heterocycles. The zero-order chi connectivity index (χ0) is 8.57. The van der Waals surface area contributed by atoms with E-state index in [1.54, 1.807) is 34.0 Å². The molecule has 0 aliphatic rings. The van der Waals surface area contributed by atoms with Crippen LogP contribution in [0.25, 0.3) is 5.32 Å². The number of hydrogen-bond acceptors (Lipinski definition) is 1. The van der Waals surface area contributed by atoms with Gasteiger partial charge in [0.15, 0.2) is 0 Å². The predicted octanol–water partition coefficient (Wildman–Crippen LogP) is 2.29. The van der Waals surface area contributed by atoms with Gasteiger partial charge in [0.05, 0.1) is 0 Å². The van der Waals surface area contributed by atoms with E-state index in [9.17, 15) is 4.79 Å². The van der Waals surface area contributed by atoms with Crippen molar-refractivity contribution in [3.8, 4) is 0 Å². The summed E-state index contributed by atoms with van der Waals surface area (Å²) in [5, 5.41) is 11.6. The minimum absolute atomic E-state index is 0. The maximum absolute atomic E-state index is 9.86. The largest absolute Gasteiger partial charge is 0.668 e. The standard InChI is InChI=1S/C5H8O2.C2H6N.CH4.Y/c1-3-4(2)5(6)7;1-3-2;;/h3H,1-2H3,(H,6,7);1-2H3;1H4;/q;-1;;/b4-3-;;;. The Hall–Kier alpha value is 0.274. The first-order chi connectivity index (χ1) is 4.59. The van der Waals surface area contributed by atoms with E-state index in [1.165, 1.54) is 0 Å². The minimum Gasteiger partial charge on any atom is -0.668 e. The van der Waals surface area contributed by atoms with Gasteiger partial charge in [-0.25, -0.2) is 4.79 Å². The molecule has 0 atom stereocenters. The van der Waals surface area contributed by atoms with Crippen molar-refractivity contribution < 1.29 is 42.6 Å². The molecule has 0 fully saturated rings. The number of carboxylic acid groups (broad SMARTS) is 1. The average Bonchev–Trinajstić information content (AvgIpc) is 1.88. The Balaban J connectivity index is -0.0000000569. The van der Waals surface area contributed by atoms with Crippen molar-refractivity contribution in [1.29, 1.82) is 0 Å². The van der Waals surface area contributed by atoms with Gasteiger partial charge in [0.2, 0.25) is 0 Å². The van der Waals surface area contributed by atoms with Crippen molar-refractivity contribution in [3.63, 3.8) is 0 Å². The van der Waals surface area contributed by atoms with E-state index in [1.807, 2.05) is 0 Å². The van der Waals surface area contributed by atoms with Gasteiger partial charge in [0.25, 0.3) is 0 Å². The average molecular weight is 249 g/mol. The Labute approximate surface area is 101 Å². The van der Waals surface area contributed by atoms with Gasteiger partial charge in [-0.15, -0.1) is 0 Å². The van der Waals surface area contributed by atoms with E-state index in [0.717, 1.165) is 0 Å². The maximum atomic E-state index is 9.86. The second-order valence-electron chi connectivity index (χ2n) is 1.72. The number of aliphatic carboxylic acids is 1. The summed E-state index contributed by atoms with van der Waals surface area (Å²) in [6.45, 7) is 3.26. The molecule has 0 aromatic heterocycles. The van der Waals surface area contributed by atoms with E-state index in [-0.39, 0.29) is 40.1 Å². The Morgan fingerprint density at radius 2 is 1.67 bits per heavy atom. The summed E-state index contributed by atoms with van der Waals surface area (Å²) < 4.78 is 0. The van der Waals surface area contributed by atoms with Gasteiger partial charge < -0.3 is 10.4 Å². The third kappa shape index (κ3) is 22.4. The van der Waals surface area contributed by atoms with Crippen LogP contribution < -0.4 is 0 Å². The number of rotatable bonds is 1. The molecular weight excluding hydrogens is 231 g/mol. The molecule has 0 aliphatic carbocycles. The van der Waals surface area contributed by atoms with Crippen LogP contribution in [0, 0.1) is 0 Å². The molecule has 0 heterocycles. The van der Waals surface area contributed by atoms with Crippen LogP contribution in [-0.4, -0.2) is 25.2 Å². The van der Waals surface area contributed by atoms with Crippen molar-refractivity contribution in [2.45, 2.75) is 21.3 Å². The van der Waals surface area contributed by atoms with E-state index in [4.69, 9.17) is 5.11 Å². The Bertz CT molecular complexity index is 124. The molecule has 1 radical (unpaired) electrons. The first kappa shape index (κ1) is 22.8. The van der Waals surface area contributed by atoms with E-state index >= 15 is 0 Å². The Morgan fingerprint density at radius 1 is 1.42 bits per heavy atom. The molecule has 0 aromatic carbocycles. The van der Waals surface area contributed by atoms with Crippen molar-refractivity contribution >= 4 is 5.97 Å². The van der Waals surface area contributed by atoms with Gasteiger partial charge >= 0.3 is 5.97 Å². The van der Waals surface area contributed by atoms with Crippen LogP contribution in [0.1, 0.15) is 21.3 Å². The molecular formula is C8H18NO2Y-. The number of carboxylic acids is 1. The predicted molar refractivity (Wildman–Crippen MR) is 49.0 cm³/mol. The number of carbonyl (C=O) groups is 1. The fourth-order valence-corrected chi connectivity index (χ4v) is 0.123. The number of nitrogens with zero attached hydrogens (tertiary/aromatic N) is 1. The summed E-state index contributed by atoms with van der Waals surface area (Å²) >= 11 is 0. The molecule has 0 rings (SSSR count). The van der Waals surface area contributed by atoms with Crippen LogP contribution in [0.4, 0.5) is 0 Å². The molecule has 0 saturated carbocycles. The van der Waals surface area contributed by atoms with E-state index < -0.39 is 5.97 Å². The summed E-state index contributed by atoms with van der Waals surface area (Å²) in [6.07, 6.45) is 1.56. The van der Waals surface area contributed by atoms with Crippen LogP contribution in [0.15, 0.2) is 11.6 Å². The number of allylic oxidation sites excluding steroid dienone is 1. The number of hydrogen-bond donors (Lipinski definition) is 1. The van der Waals surface area contributed by atoms with Crippen molar-refractivity contribution in [1.82, 2.24) is 0 Å². The molecule has 0 amide bonds. The molecule has 71 valence electrons. The van der Waals surface area contributed by atoms with Gasteiger partial charge in [-0.2, -0.15) is 14.1 Å². The smallest absolute Gasteiger partial charge is 0.330 e. The maximum Gasteiger partial charge on any atom is 0.330 e. The van der Waals surface area contributed by atoms with Gasteiger partial charge in [0, 0.05) is 38.3 Å². The summed E-state index contributed by atoms with van der Waals surface area (Å²) in [4.78, 5) is 9.86. The summed E-state index contributed by atoms with van der Waals surface area (Å²) in [5.74, 6) is -0.845. The summed E-state index contributed by atoms with van der Waals surface area (Å²) in [5.41, 5.74) is 0.389. The molecule has 0 bridgehead atoms. The SMILES string of the molecule is C.C/C=C(/C)C(=O)O.C[N-]C.[Y]. The van der Waals surface area contributed by atoms with Crippen molar-refractivity contribution in [2.24, 2.45) is 0 Å². The Morgan fingerprint density at radius 3 is 1.67 bits per heavy atom. The molecule has 0 spiro atoms. The molecule has 12 heavy (non-hydrogen) atoms. The molecule has 4 heteroatoms. The van der Waals surface area contributed by atoms with Gasteiger partial charge in [0.1, 0.15) is 0 Å². The molecule has 3 nitrogen and oxygen atoms in total. The monoisotopic (exact) mass is 249 g/mol. The Kier molecular flexibility index (Phi) is 33.0. The normalized spacial score (nSPS) is 8.17. The second-order valence-corrected chi connectivity index (χ2v) is 1.72. The molecule has 0 saturated heterocycles. The quantitative estimate of drug-likeness (QED) is 0.725. The van der Waals surface area contributed by atoms with E-state index in [2.05, 4.69) is 5.32 Å². The van der Waals surface area contributed by atoms with Crippen molar-refractivity contribution in [2.75, 3.05) is 14.1 Å². The van der Waals surface area contributed by atoms with Crippen LogP contribution in [0.3, 0.4) is 0 Å². The van der Waals surface area contributed by atoms with Crippen LogP contribution in [-0.2, 0) is 37.5 Å². The summed E-state index contributed by atoms with van der Waals surface area (Å²) in [6, 6.07) is 0. The first-order valence-corrected chi connectivity index (χ1v) is 2.94. The van der Waals surface area contributed by atoms with Crippen LogP contribution in [0.2, 0.25) is 0 Å². The summed E-state index contributed by atoms with van der Waals surface area (Å²) in [7, 11) is 3.50. The van der Waals surface area contributed by atoms with Crippen LogP contribution >= 0.6 is 0 Å². The fourth-order valence-electron chi connectivity index (χ4n) is 0.123. The van der Waals surface area contributed by atoms with Crippen molar-refractivity contribution in [3.05, 3.63) is 17.0 Å². The van der Waals surface area contributed by atoms with Gasteiger partial charge in [-0.05, 0) is 13.8 Å². The molecule has 0 unspecified atom stereocenters. The zero-order valence-corrected chi connectivity index (χ0v) is 10.3. The third-order valence-electron chi connectivity index (χ3n) is 0.770. The molecule has 1 N–H and O–H groups in total. The van der Waals surface area contributed by atoms with Gasteiger partial charge in [-0.1, -0.05) is 13.5 Å².